The van der Waals surface area contributed by atoms with Gasteiger partial charge in [-0.15, -0.1) is 0 Å². The van der Waals surface area contributed by atoms with Crippen molar-refractivity contribution in [3.63, 3.8) is 0 Å². The van der Waals surface area contributed by atoms with Gasteiger partial charge < -0.3 is 20.3 Å². The quantitative estimate of drug-likeness (QED) is 0.740. The first-order chi connectivity index (χ1) is 8.66. The molecule has 0 saturated carbocycles. The van der Waals surface area contributed by atoms with Gasteiger partial charge in [0.1, 0.15) is 0 Å². The molecule has 1 amide bonds. The molecule has 5 nitrogen and oxygen atoms in total. The fourth-order valence-corrected chi connectivity index (χ4v) is 2.83. The molecular formula is C13H25N3O2. The van der Waals surface area contributed by atoms with Crippen LogP contribution in [-0.4, -0.2) is 62.3 Å². The van der Waals surface area contributed by atoms with Crippen molar-refractivity contribution in [2.24, 2.45) is 0 Å². The van der Waals surface area contributed by atoms with Crippen molar-refractivity contribution in [1.82, 2.24) is 15.5 Å². The van der Waals surface area contributed by atoms with Gasteiger partial charge >= 0.3 is 0 Å². The van der Waals surface area contributed by atoms with Crippen LogP contribution in [0.3, 0.4) is 0 Å². The molecule has 2 rings (SSSR count). The number of carbonyl (C=O) groups is 1. The third-order valence-electron chi connectivity index (χ3n) is 4.11. The third-order valence-corrected chi connectivity index (χ3v) is 4.11. The number of amides is 1. The van der Waals surface area contributed by atoms with Crippen molar-refractivity contribution < 1.29 is 9.53 Å². The van der Waals surface area contributed by atoms with Crippen molar-refractivity contribution in [1.29, 1.82) is 0 Å². The molecule has 2 fully saturated rings. The number of carbonyl (C=O) groups excluding carboxylic acids is 1. The van der Waals surface area contributed by atoms with Gasteiger partial charge in [0, 0.05) is 19.6 Å². The van der Waals surface area contributed by atoms with Gasteiger partial charge in [0.2, 0.25) is 5.91 Å². The van der Waals surface area contributed by atoms with Crippen LogP contribution < -0.4 is 10.6 Å². The van der Waals surface area contributed by atoms with E-state index in [1.807, 2.05) is 0 Å². The van der Waals surface area contributed by atoms with Crippen molar-refractivity contribution in [3.05, 3.63) is 0 Å². The number of nitrogens with one attached hydrogen (secondary N) is 2. The zero-order valence-corrected chi connectivity index (χ0v) is 11.5. The summed E-state index contributed by atoms with van der Waals surface area (Å²) in [6, 6.07) is 0. The molecule has 0 spiro atoms. The Balaban J connectivity index is 1.80. The zero-order chi connectivity index (χ0) is 13.0. The Bertz CT molecular complexity index is 290. The van der Waals surface area contributed by atoms with E-state index in [0.29, 0.717) is 6.54 Å². The SMILES string of the molecule is CCC1(C(=O)NCC2CN(C)CCO2)CCCN1. The van der Waals surface area contributed by atoms with Crippen molar-refractivity contribution in [2.45, 2.75) is 37.8 Å². The van der Waals surface area contributed by atoms with Gasteiger partial charge in [0.25, 0.3) is 0 Å². The van der Waals surface area contributed by atoms with Crippen LogP contribution in [0.25, 0.3) is 0 Å². The molecule has 0 aromatic rings. The number of hydrogen-bond donors (Lipinski definition) is 2. The fourth-order valence-electron chi connectivity index (χ4n) is 2.83. The standard InChI is InChI=1S/C13H25N3O2/c1-3-13(5-4-6-15-13)12(17)14-9-11-10-16(2)7-8-18-11/h11,15H,3-10H2,1-2H3,(H,14,17). The van der Waals surface area contributed by atoms with Gasteiger partial charge in [-0.2, -0.15) is 0 Å². The minimum Gasteiger partial charge on any atom is -0.374 e. The van der Waals surface area contributed by atoms with Gasteiger partial charge in [-0.3, -0.25) is 4.79 Å². The van der Waals surface area contributed by atoms with Gasteiger partial charge in [0.05, 0.1) is 18.2 Å². The second-order valence-corrected chi connectivity index (χ2v) is 5.43. The first-order valence-electron chi connectivity index (χ1n) is 7.00. The largest absolute Gasteiger partial charge is 0.374 e. The van der Waals surface area contributed by atoms with Crippen LogP contribution in [0.5, 0.6) is 0 Å². The second kappa shape index (κ2) is 5.99. The highest BCUT2D eigenvalue weighted by Gasteiger charge is 2.39. The minimum absolute atomic E-state index is 0.128. The van der Waals surface area contributed by atoms with Crippen LogP contribution in [0.2, 0.25) is 0 Å². The Kier molecular flexibility index (Phi) is 4.59. The highest BCUT2D eigenvalue weighted by Crippen LogP contribution is 2.23. The molecule has 104 valence electrons. The van der Waals surface area contributed by atoms with Crippen LogP contribution >= 0.6 is 0 Å². The van der Waals surface area contributed by atoms with E-state index in [0.717, 1.165) is 45.5 Å². The fraction of sp³-hybridized carbons (Fsp3) is 0.923. The third kappa shape index (κ3) is 3.02. The molecule has 0 aromatic carbocycles. The molecule has 0 radical (unpaired) electrons. The van der Waals surface area contributed by atoms with E-state index in [4.69, 9.17) is 4.74 Å². The molecule has 2 N–H and O–H groups in total. The summed E-state index contributed by atoms with van der Waals surface area (Å²) in [5.74, 6) is 0.138. The van der Waals surface area contributed by atoms with Crippen LogP contribution in [0.15, 0.2) is 0 Å². The number of hydrogen-bond acceptors (Lipinski definition) is 4. The maximum Gasteiger partial charge on any atom is 0.240 e. The number of ether oxygens (including phenoxy) is 1. The van der Waals surface area contributed by atoms with E-state index in [2.05, 4.69) is 29.5 Å². The van der Waals surface area contributed by atoms with Crippen molar-refractivity contribution >= 4 is 5.91 Å². The van der Waals surface area contributed by atoms with E-state index >= 15 is 0 Å². The normalized spacial score (nSPS) is 33.6. The van der Waals surface area contributed by atoms with E-state index in [1.54, 1.807) is 0 Å². The summed E-state index contributed by atoms with van der Waals surface area (Å²) in [5.41, 5.74) is -0.333. The van der Waals surface area contributed by atoms with E-state index in [1.165, 1.54) is 0 Å². The van der Waals surface area contributed by atoms with Gasteiger partial charge in [-0.05, 0) is 32.9 Å². The highest BCUT2D eigenvalue weighted by molar-refractivity contribution is 5.86. The Labute approximate surface area is 109 Å². The summed E-state index contributed by atoms with van der Waals surface area (Å²) in [6.07, 6.45) is 3.01. The van der Waals surface area contributed by atoms with E-state index in [9.17, 15) is 4.79 Å². The Hall–Kier alpha value is -0.650. The molecule has 2 aliphatic heterocycles. The first kappa shape index (κ1) is 13.8. The predicted octanol–water partition coefficient (Wildman–Crippen LogP) is -0.0346. The Morgan fingerprint density at radius 2 is 2.44 bits per heavy atom. The lowest BCUT2D eigenvalue weighted by Crippen LogP contribution is -2.55. The maximum atomic E-state index is 12.3. The number of likely N-dealkylation sites (N-methyl/N-ethyl adjacent to an activating group) is 1. The molecule has 2 atom stereocenters. The number of nitrogens with zero attached hydrogens (tertiary/aromatic N) is 1. The molecule has 2 aliphatic rings. The monoisotopic (exact) mass is 255 g/mol. The summed E-state index contributed by atoms with van der Waals surface area (Å²) in [7, 11) is 2.09. The van der Waals surface area contributed by atoms with Gasteiger partial charge in [0.15, 0.2) is 0 Å². The topological polar surface area (TPSA) is 53.6 Å². The van der Waals surface area contributed by atoms with Crippen LogP contribution in [-0.2, 0) is 9.53 Å². The average Bonchev–Trinajstić information content (AvgIpc) is 2.86. The van der Waals surface area contributed by atoms with Crippen LogP contribution in [0, 0.1) is 0 Å². The lowest BCUT2D eigenvalue weighted by atomic mass is 9.93. The average molecular weight is 255 g/mol. The molecular weight excluding hydrogens is 230 g/mol. The lowest BCUT2D eigenvalue weighted by Gasteiger charge is -2.32. The highest BCUT2D eigenvalue weighted by atomic mass is 16.5. The molecule has 18 heavy (non-hydrogen) atoms. The second-order valence-electron chi connectivity index (χ2n) is 5.43. The first-order valence-corrected chi connectivity index (χ1v) is 7.00. The molecule has 0 bridgehead atoms. The van der Waals surface area contributed by atoms with Crippen LogP contribution in [0.1, 0.15) is 26.2 Å². The molecule has 2 heterocycles. The Morgan fingerprint density at radius 3 is 3.06 bits per heavy atom. The summed E-state index contributed by atoms with van der Waals surface area (Å²) in [6.45, 7) is 6.27. The molecule has 2 unspecified atom stereocenters. The summed E-state index contributed by atoms with van der Waals surface area (Å²) < 4.78 is 5.65. The Morgan fingerprint density at radius 1 is 1.61 bits per heavy atom. The smallest absolute Gasteiger partial charge is 0.240 e. The molecule has 2 saturated heterocycles. The number of morpholine rings is 1. The summed E-state index contributed by atoms with van der Waals surface area (Å²) >= 11 is 0. The molecule has 0 aliphatic carbocycles. The number of rotatable bonds is 4. The van der Waals surface area contributed by atoms with E-state index < -0.39 is 0 Å². The molecule has 0 aromatic heterocycles. The predicted molar refractivity (Wildman–Crippen MR) is 70.5 cm³/mol. The lowest BCUT2D eigenvalue weighted by molar-refractivity contribution is -0.128. The molecule has 5 heteroatoms. The van der Waals surface area contributed by atoms with E-state index in [-0.39, 0.29) is 17.6 Å². The minimum atomic E-state index is -0.333. The van der Waals surface area contributed by atoms with Gasteiger partial charge in [-0.1, -0.05) is 6.92 Å². The van der Waals surface area contributed by atoms with Crippen molar-refractivity contribution in [3.8, 4) is 0 Å². The van der Waals surface area contributed by atoms with Gasteiger partial charge in [-0.25, -0.2) is 0 Å². The zero-order valence-electron chi connectivity index (χ0n) is 11.5. The van der Waals surface area contributed by atoms with Crippen molar-refractivity contribution in [2.75, 3.05) is 39.8 Å². The van der Waals surface area contributed by atoms with Crippen LogP contribution in [0.4, 0.5) is 0 Å². The summed E-state index contributed by atoms with van der Waals surface area (Å²) in [5, 5.41) is 6.41. The maximum absolute atomic E-state index is 12.3. The summed E-state index contributed by atoms with van der Waals surface area (Å²) in [4.78, 5) is 14.5.